The van der Waals surface area contributed by atoms with E-state index in [1.165, 1.54) is 7.11 Å². The van der Waals surface area contributed by atoms with Crippen molar-refractivity contribution < 1.29 is 14.6 Å². The molecule has 104 valence electrons. The first kappa shape index (κ1) is 14.5. The molecule has 1 unspecified atom stereocenters. The Kier molecular flexibility index (Phi) is 4.74. The van der Waals surface area contributed by atoms with Crippen LogP contribution in [0.5, 0.6) is 5.88 Å². The maximum Gasteiger partial charge on any atom is 0.311 e. The minimum absolute atomic E-state index is 0.341. The molecule has 0 saturated carbocycles. The average Bonchev–Trinajstić information content (AvgIpc) is 2.46. The summed E-state index contributed by atoms with van der Waals surface area (Å²) >= 11 is 3.34. The quantitative estimate of drug-likeness (QED) is 0.910. The molecule has 1 heterocycles. The summed E-state index contributed by atoms with van der Waals surface area (Å²) in [5.41, 5.74) is 1.54. The van der Waals surface area contributed by atoms with Gasteiger partial charge in [-0.2, -0.15) is 0 Å². The largest absolute Gasteiger partial charge is 0.481 e. The predicted molar refractivity (Wildman–Crippen MR) is 79.0 cm³/mol. The number of aliphatic carboxylic acids is 1. The van der Waals surface area contributed by atoms with Crippen molar-refractivity contribution in [3.8, 4) is 5.88 Å². The van der Waals surface area contributed by atoms with Crippen LogP contribution in [0, 0.1) is 0 Å². The summed E-state index contributed by atoms with van der Waals surface area (Å²) in [7, 11) is 1.53. The van der Waals surface area contributed by atoms with Gasteiger partial charge in [0.05, 0.1) is 13.0 Å². The fourth-order valence-electron chi connectivity index (χ4n) is 2.03. The zero-order chi connectivity index (χ0) is 14.5. The van der Waals surface area contributed by atoms with Crippen LogP contribution in [0.15, 0.2) is 47.1 Å². The Balaban J connectivity index is 2.30. The number of hydrogen-bond donors (Lipinski definition) is 1. The number of aromatic nitrogens is 1. The Morgan fingerprint density at radius 2 is 2.05 bits per heavy atom. The Bertz CT molecular complexity index is 598. The number of carbonyl (C=O) groups is 1. The van der Waals surface area contributed by atoms with Crippen molar-refractivity contribution in [2.24, 2.45) is 0 Å². The van der Waals surface area contributed by atoms with Gasteiger partial charge in [-0.1, -0.05) is 34.1 Å². The van der Waals surface area contributed by atoms with Crippen LogP contribution in [0.2, 0.25) is 0 Å². The summed E-state index contributed by atoms with van der Waals surface area (Å²) in [5.74, 6) is -1.02. The molecule has 0 spiro atoms. The molecular weight excluding hydrogens is 322 g/mol. The minimum atomic E-state index is -0.863. The molecule has 1 N–H and O–H groups in total. The Hall–Kier alpha value is -1.88. The number of ether oxygens (including phenoxy) is 1. The smallest absolute Gasteiger partial charge is 0.311 e. The van der Waals surface area contributed by atoms with E-state index in [1.807, 2.05) is 30.3 Å². The molecule has 0 saturated heterocycles. The molecule has 0 aliphatic rings. The number of nitrogens with zero attached hydrogens (tertiary/aromatic N) is 1. The number of methoxy groups -OCH3 is 1. The summed E-state index contributed by atoms with van der Waals surface area (Å²) in [5, 5.41) is 9.45. The van der Waals surface area contributed by atoms with Gasteiger partial charge in [-0.3, -0.25) is 4.79 Å². The molecule has 20 heavy (non-hydrogen) atoms. The molecule has 2 aromatic rings. The van der Waals surface area contributed by atoms with E-state index in [2.05, 4.69) is 20.9 Å². The Labute approximate surface area is 125 Å². The van der Waals surface area contributed by atoms with E-state index in [0.29, 0.717) is 12.3 Å². The number of carboxylic acid groups (broad SMARTS) is 1. The van der Waals surface area contributed by atoms with Gasteiger partial charge in [0.2, 0.25) is 5.88 Å². The van der Waals surface area contributed by atoms with Gasteiger partial charge < -0.3 is 9.84 Å². The zero-order valence-electron chi connectivity index (χ0n) is 10.9. The van der Waals surface area contributed by atoms with Crippen molar-refractivity contribution in [3.63, 3.8) is 0 Å². The first-order valence-corrected chi connectivity index (χ1v) is 6.87. The Morgan fingerprint density at radius 1 is 1.35 bits per heavy atom. The molecule has 0 amide bonds. The second-order valence-electron chi connectivity index (χ2n) is 4.32. The predicted octanol–water partition coefficient (Wildman–Crippen LogP) is 3.26. The number of pyridine rings is 1. The molecule has 0 fully saturated rings. The first-order valence-electron chi connectivity index (χ1n) is 6.08. The normalized spacial score (nSPS) is 11.9. The lowest BCUT2D eigenvalue weighted by atomic mass is 9.92. The van der Waals surface area contributed by atoms with E-state index >= 15 is 0 Å². The fourth-order valence-corrected chi connectivity index (χ4v) is 2.29. The molecule has 1 aromatic heterocycles. The van der Waals surface area contributed by atoms with E-state index in [1.54, 1.807) is 12.3 Å². The van der Waals surface area contributed by atoms with Crippen molar-refractivity contribution >= 4 is 21.9 Å². The maximum atomic E-state index is 11.5. The third kappa shape index (κ3) is 3.36. The van der Waals surface area contributed by atoms with E-state index in [0.717, 1.165) is 15.6 Å². The highest BCUT2D eigenvalue weighted by atomic mass is 79.9. The van der Waals surface area contributed by atoms with Crippen molar-refractivity contribution in [3.05, 3.63) is 58.2 Å². The fraction of sp³-hybridized carbons (Fsp3) is 0.200. The number of benzene rings is 1. The van der Waals surface area contributed by atoms with Crippen LogP contribution in [0.1, 0.15) is 17.0 Å². The number of hydrogen-bond acceptors (Lipinski definition) is 3. The molecular formula is C15H14BrNO3. The molecule has 0 aliphatic carbocycles. The minimum Gasteiger partial charge on any atom is -0.481 e. The second kappa shape index (κ2) is 6.52. The maximum absolute atomic E-state index is 11.5. The number of halogens is 1. The zero-order valence-corrected chi connectivity index (χ0v) is 12.5. The lowest BCUT2D eigenvalue weighted by molar-refractivity contribution is -0.138. The molecule has 0 bridgehead atoms. The van der Waals surface area contributed by atoms with Crippen molar-refractivity contribution in [2.75, 3.05) is 7.11 Å². The topological polar surface area (TPSA) is 59.4 Å². The highest BCUT2D eigenvalue weighted by Crippen LogP contribution is 2.26. The highest BCUT2D eigenvalue weighted by Gasteiger charge is 2.22. The van der Waals surface area contributed by atoms with Crippen LogP contribution in [0.4, 0.5) is 0 Å². The molecule has 5 heteroatoms. The average molecular weight is 336 g/mol. The lowest BCUT2D eigenvalue weighted by Crippen LogP contribution is -2.15. The molecule has 0 radical (unpaired) electrons. The molecule has 1 atom stereocenters. The van der Waals surface area contributed by atoms with Gasteiger partial charge >= 0.3 is 5.97 Å². The van der Waals surface area contributed by atoms with E-state index < -0.39 is 11.9 Å². The monoisotopic (exact) mass is 335 g/mol. The molecule has 1 aromatic carbocycles. The second-order valence-corrected chi connectivity index (χ2v) is 5.23. The van der Waals surface area contributed by atoms with Crippen LogP contribution in [0.3, 0.4) is 0 Å². The summed E-state index contributed by atoms with van der Waals surface area (Å²) < 4.78 is 6.09. The van der Waals surface area contributed by atoms with Crippen LogP contribution in [0.25, 0.3) is 0 Å². The van der Waals surface area contributed by atoms with E-state index in [-0.39, 0.29) is 0 Å². The van der Waals surface area contributed by atoms with Crippen LogP contribution in [-0.2, 0) is 11.2 Å². The first-order chi connectivity index (χ1) is 9.61. The van der Waals surface area contributed by atoms with Gasteiger partial charge in [0.1, 0.15) is 0 Å². The van der Waals surface area contributed by atoms with Crippen LogP contribution >= 0.6 is 15.9 Å². The summed E-state index contributed by atoms with van der Waals surface area (Å²) in [4.78, 5) is 15.6. The van der Waals surface area contributed by atoms with Crippen molar-refractivity contribution in [2.45, 2.75) is 12.3 Å². The SMILES string of the molecule is COc1ncccc1CC(C(=O)O)c1ccc(Br)cc1. The van der Waals surface area contributed by atoms with Crippen LogP contribution < -0.4 is 4.74 Å². The third-order valence-electron chi connectivity index (χ3n) is 3.04. The third-order valence-corrected chi connectivity index (χ3v) is 3.57. The standard InChI is InChI=1S/C15H14BrNO3/c1-20-14-11(3-2-8-17-14)9-13(15(18)19)10-4-6-12(16)7-5-10/h2-8,13H,9H2,1H3,(H,18,19). The lowest BCUT2D eigenvalue weighted by Gasteiger charge is -2.14. The van der Waals surface area contributed by atoms with E-state index in [9.17, 15) is 9.90 Å². The molecule has 4 nitrogen and oxygen atoms in total. The van der Waals surface area contributed by atoms with Gasteiger partial charge in [0.25, 0.3) is 0 Å². The van der Waals surface area contributed by atoms with Gasteiger partial charge in [-0.25, -0.2) is 4.98 Å². The van der Waals surface area contributed by atoms with Gasteiger partial charge in [0, 0.05) is 16.2 Å². The van der Waals surface area contributed by atoms with Crippen molar-refractivity contribution in [1.82, 2.24) is 4.98 Å². The van der Waals surface area contributed by atoms with Crippen molar-refractivity contribution in [1.29, 1.82) is 0 Å². The highest BCUT2D eigenvalue weighted by molar-refractivity contribution is 9.10. The number of rotatable bonds is 5. The van der Waals surface area contributed by atoms with Crippen LogP contribution in [-0.4, -0.2) is 23.2 Å². The summed E-state index contributed by atoms with van der Waals surface area (Å²) in [6.07, 6.45) is 1.96. The Morgan fingerprint density at radius 3 is 2.65 bits per heavy atom. The van der Waals surface area contributed by atoms with Gasteiger partial charge in [-0.05, 0) is 30.2 Å². The van der Waals surface area contributed by atoms with Gasteiger partial charge in [-0.15, -0.1) is 0 Å². The van der Waals surface area contributed by atoms with Gasteiger partial charge in [0.15, 0.2) is 0 Å². The summed E-state index contributed by atoms with van der Waals surface area (Å²) in [6, 6.07) is 10.9. The number of carboxylic acids is 1. The molecule has 2 rings (SSSR count). The molecule has 0 aliphatic heterocycles. The summed E-state index contributed by atoms with van der Waals surface area (Å²) in [6.45, 7) is 0. The van der Waals surface area contributed by atoms with E-state index in [4.69, 9.17) is 4.74 Å².